The second-order valence-corrected chi connectivity index (χ2v) is 6.49. The van der Waals surface area contributed by atoms with Gasteiger partial charge >= 0.3 is 0 Å². The molecule has 0 radical (unpaired) electrons. The second-order valence-electron chi connectivity index (χ2n) is 4.44. The topological polar surface area (TPSA) is 57.1 Å². The van der Waals surface area contributed by atoms with Crippen molar-refractivity contribution < 1.29 is 9.47 Å². The fourth-order valence-electron chi connectivity index (χ4n) is 1.81. The van der Waals surface area contributed by atoms with Crippen LogP contribution in [0.15, 0.2) is 34.9 Å². The van der Waals surface area contributed by atoms with E-state index in [2.05, 4.69) is 21.9 Å². The van der Waals surface area contributed by atoms with E-state index in [9.17, 15) is 0 Å². The van der Waals surface area contributed by atoms with E-state index in [0.717, 1.165) is 21.2 Å². The van der Waals surface area contributed by atoms with E-state index < -0.39 is 0 Å². The Morgan fingerprint density at radius 3 is 2.64 bits per heavy atom. The lowest BCUT2D eigenvalue weighted by Gasteiger charge is -2.07. The van der Waals surface area contributed by atoms with Crippen molar-refractivity contribution in [3.05, 3.63) is 30.6 Å². The molecular formula is C15H15N3O2S2. The Kier molecular flexibility index (Phi) is 4.74. The van der Waals surface area contributed by atoms with Crippen molar-refractivity contribution in [1.29, 1.82) is 0 Å². The highest BCUT2D eigenvalue weighted by atomic mass is 32.2. The van der Waals surface area contributed by atoms with E-state index in [1.54, 1.807) is 11.8 Å². The summed E-state index contributed by atoms with van der Waals surface area (Å²) in [6.45, 7) is 2.79. The number of hydrogen-bond acceptors (Lipinski definition) is 7. The quantitative estimate of drug-likeness (QED) is 0.624. The molecule has 0 aliphatic heterocycles. The number of benzene rings is 1. The third-order valence-corrected chi connectivity index (χ3v) is 4.84. The van der Waals surface area contributed by atoms with Gasteiger partial charge in [0.25, 0.3) is 0 Å². The van der Waals surface area contributed by atoms with Crippen LogP contribution in [0.5, 0.6) is 17.4 Å². The molecule has 0 aliphatic rings. The number of aromatic nitrogens is 3. The highest BCUT2D eigenvalue weighted by Gasteiger charge is 2.12. The van der Waals surface area contributed by atoms with Gasteiger partial charge in [0.15, 0.2) is 9.99 Å². The highest BCUT2D eigenvalue weighted by molar-refractivity contribution is 8.00. The van der Waals surface area contributed by atoms with Crippen molar-refractivity contribution in [3.63, 3.8) is 0 Å². The van der Waals surface area contributed by atoms with Crippen LogP contribution in [0.1, 0.15) is 13.3 Å². The van der Waals surface area contributed by atoms with E-state index >= 15 is 0 Å². The number of rotatable bonds is 6. The van der Waals surface area contributed by atoms with Crippen molar-refractivity contribution in [2.24, 2.45) is 0 Å². The zero-order valence-electron chi connectivity index (χ0n) is 12.3. The fourth-order valence-corrected chi connectivity index (χ4v) is 3.25. The van der Waals surface area contributed by atoms with Crippen LogP contribution in [-0.4, -0.2) is 27.8 Å². The molecular weight excluding hydrogens is 318 g/mol. The van der Waals surface area contributed by atoms with Crippen LogP contribution < -0.4 is 9.47 Å². The summed E-state index contributed by atoms with van der Waals surface area (Å²) in [5.74, 6) is 2.08. The number of hydrogen-bond donors (Lipinski definition) is 0. The maximum absolute atomic E-state index is 5.86. The number of nitrogens with zero attached hydrogens (tertiary/aromatic N) is 3. The van der Waals surface area contributed by atoms with E-state index in [4.69, 9.17) is 9.47 Å². The SMILES string of the molecule is CCCOc1ccc(Oc2ncnc3nc(SC)sc23)cc1. The van der Waals surface area contributed by atoms with Crippen LogP contribution in [0.3, 0.4) is 0 Å². The average Bonchev–Trinajstić information content (AvgIpc) is 2.98. The van der Waals surface area contributed by atoms with Gasteiger partial charge in [0.1, 0.15) is 22.5 Å². The van der Waals surface area contributed by atoms with E-state index in [-0.39, 0.29) is 0 Å². The average molecular weight is 333 g/mol. The lowest BCUT2D eigenvalue weighted by Crippen LogP contribution is -1.94. The van der Waals surface area contributed by atoms with Crippen molar-refractivity contribution in [2.45, 2.75) is 17.7 Å². The highest BCUT2D eigenvalue weighted by Crippen LogP contribution is 2.34. The summed E-state index contributed by atoms with van der Waals surface area (Å²) in [4.78, 5) is 12.8. The Labute approximate surface area is 136 Å². The van der Waals surface area contributed by atoms with Gasteiger partial charge in [-0.25, -0.2) is 15.0 Å². The molecule has 22 heavy (non-hydrogen) atoms. The molecule has 114 valence electrons. The predicted octanol–water partition coefficient (Wildman–Crippen LogP) is 4.39. The molecule has 0 fully saturated rings. The molecule has 0 atom stereocenters. The second kappa shape index (κ2) is 6.93. The van der Waals surface area contributed by atoms with Gasteiger partial charge < -0.3 is 9.47 Å². The van der Waals surface area contributed by atoms with Crippen molar-refractivity contribution in [1.82, 2.24) is 15.0 Å². The van der Waals surface area contributed by atoms with Crippen LogP contribution in [0.2, 0.25) is 0 Å². The van der Waals surface area contributed by atoms with Gasteiger partial charge in [-0.1, -0.05) is 18.7 Å². The standard InChI is InChI=1S/C15H15N3O2S2/c1-3-8-19-10-4-6-11(7-5-10)20-14-12-13(16-9-17-14)18-15(21-2)22-12/h4-7,9H,3,8H2,1-2H3. The van der Waals surface area contributed by atoms with Gasteiger partial charge in [0.2, 0.25) is 5.88 Å². The molecule has 7 heteroatoms. The van der Waals surface area contributed by atoms with E-state index in [0.29, 0.717) is 23.9 Å². The molecule has 0 unspecified atom stereocenters. The van der Waals surface area contributed by atoms with Gasteiger partial charge in [-0.05, 0) is 36.9 Å². The summed E-state index contributed by atoms with van der Waals surface area (Å²) in [7, 11) is 0. The normalized spacial score (nSPS) is 10.8. The molecule has 0 spiro atoms. The van der Waals surface area contributed by atoms with E-state index in [1.807, 2.05) is 30.5 Å². The van der Waals surface area contributed by atoms with Crippen molar-refractivity contribution >= 4 is 33.4 Å². The van der Waals surface area contributed by atoms with Crippen LogP contribution in [0.4, 0.5) is 0 Å². The number of ether oxygens (including phenoxy) is 2. The van der Waals surface area contributed by atoms with Crippen LogP contribution in [0, 0.1) is 0 Å². The molecule has 0 N–H and O–H groups in total. The molecule has 2 heterocycles. The molecule has 0 aliphatic carbocycles. The van der Waals surface area contributed by atoms with Crippen LogP contribution in [-0.2, 0) is 0 Å². The summed E-state index contributed by atoms with van der Waals surface area (Å²) >= 11 is 3.12. The monoisotopic (exact) mass is 333 g/mol. The first kappa shape index (κ1) is 15.1. The zero-order chi connectivity index (χ0) is 15.4. The van der Waals surface area contributed by atoms with Crippen molar-refractivity contribution in [3.8, 4) is 17.4 Å². The predicted molar refractivity (Wildman–Crippen MR) is 89.3 cm³/mol. The lowest BCUT2D eigenvalue weighted by molar-refractivity contribution is 0.317. The first-order valence-electron chi connectivity index (χ1n) is 6.86. The first-order chi connectivity index (χ1) is 10.8. The molecule has 0 saturated heterocycles. The summed E-state index contributed by atoms with van der Waals surface area (Å²) in [5, 5.41) is 0. The van der Waals surface area contributed by atoms with Crippen molar-refractivity contribution in [2.75, 3.05) is 12.9 Å². The Balaban J connectivity index is 1.82. The van der Waals surface area contributed by atoms with Crippen LogP contribution >= 0.6 is 23.1 Å². The minimum atomic E-state index is 0.532. The molecule has 3 aromatic rings. The first-order valence-corrected chi connectivity index (χ1v) is 8.90. The molecule has 5 nitrogen and oxygen atoms in total. The van der Waals surface area contributed by atoms with Gasteiger partial charge in [-0.3, -0.25) is 0 Å². The summed E-state index contributed by atoms with van der Waals surface area (Å²) in [5.41, 5.74) is 0.669. The van der Waals surface area contributed by atoms with Gasteiger partial charge in [-0.15, -0.1) is 11.3 Å². The zero-order valence-corrected chi connectivity index (χ0v) is 13.9. The maximum atomic E-state index is 5.86. The smallest absolute Gasteiger partial charge is 0.242 e. The maximum Gasteiger partial charge on any atom is 0.242 e. The molecule has 0 saturated carbocycles. The summed E-state index contributed by atoms with van der Waals surface area (Å²) in [6, 6.07) is 7.53. The Morgan fingerprint density at radius 2 is 1.91 bits per heavy atom. The number of thiazole rings is 1. The minimum Gasteiger partial charge on any atom is -0.494 e. The number of fused-ring (bicyclic) bond motifs is 1. The molecule has 0 amide bonds. The van der Waals surface area contributed by atoms with E-state index in [1.165, 1.54) is 17.7 Å². The molecule has 1 aromatic carbocycles. The van der Waals surface area contributed by atoms with Gasteiger partial charge in [0, 0.05) is 0 Å². The third kappa shape index (κ3) is 3.31. The van der Waals surface area contributed by atoms with Gasteiger partial charge in [0.05, 0.1) is 6.61 Å². The summed E-state index contributed by atoms with van der Waals surface area (Å²) < 4.78 is 13.2. The Bertz CT molecular complexity index is 759. The Morgan fingerprint density at radius 1 is 1.14 bits per heavy atom. The summed E-state index contributed by atoms with van der Waals surface area (Å²) in [6.07, 6.45) is 4.45. The molecule has 0 bridgehead atoms. The lowest BCUT2D eigenvalue weighted by atomic mass is 10.3. The molecule has 2 aromatic heterocycles. The third-order valence-electron chi connectivity index (χ3n) is 2.82. The largest absolute Gasteiger partial charge is 0.494 e. The Hall–Kier alpha value is -1.86. The van der Waals surface area contributed by atoms with Crippen LogP contribution in [0.25, 0.3) is 10.3 Å². The fraction of sp³-hybridized carbons (Fsp3) is 0.267. The van der Waals surface area contributed by atoms with Gasteiger partial charge in [-0.2, -0.15) is 0 Å². The number of thioether (sulfide) groups is 1. The minimum absolute atomic E-state index is 0.532. The molecule has 3 rings (SSSR count).